The van der Waals surface area contributed by atoms with Gasteiger partial charge in [-0.05, 0) is 95.6 Å². The van der Waals surface area contributed by atoms with Crippen molar-refractivity contribution in [2.75, 3.05) is 9.80 Å². The summed E-state index contributed by atoms with van der Waals surface area (Å²) in [6.07, 6.45) is 13.3. The van der Waals surface area contributed by atoms with Crippen LogP contribution in [0.5, 0.6) is 0 Å². The van der Waals surface area contributed by atoms with Gasteiger partial charge >= 0.3 is 0 Å². The molecule has 0 spiro atoms. The van der Waals surface area contributed by atoms with Gasteiger partial charge in [0.1, 0.15) is 0 Å². The van der Waals surface area contributed by atoms with Crippen LogP contribution in [0.15, 0.2) is 140 Å². The number of para-hydroxylation sites is 3. The Morgan fingerprint density at radius 2 is 1.30 bits per heavy atom. The number of hydrogen-bond donors (Lipinski definition) is 0. The maximum absolute atomic E-state index is 2.63. The van der Waals surface area contributed by atoms with Gasteiger partial charge in [-0.15, -0.1) is 0 Å². The highest BCUT2D eigenvalue weighted by Gasteiger charge is 2.30. The quantitative estimate of drug-likeness (QED) is 0.206. The van der Waals surface area contributed by atoms with E-state index in [1.165, 1.54) is 55.2 Å². The van der Waals surface area contributed by atoms with Gasteiger partial charge in [0.05, 0.1) is 6.04 Å². The molecule has 43 heavy (non-hydrogen) atoms. The van der Waals surface area contributed by atoms with Crippen LogP contribution in [0.3, 0.4) is 0 Å². The van der Waals surface area contributed by atoms with Crippen LogP contribution >= 0.6 is 0 Å². The van der Waals surface area contributed by atoms with E-state index in [0.717, 1.165) is 25.7 Å². The van der Waals surface area contributed by atoms with Gasteiger partial charge in [-0.1, -0.05) is 110 Å². The first-order valence-corrected chi connectivity index (χ1v) is 15.7. The molecule has 5 aromatic carbocycles. The smallest absolute Gasteiger partial charge is 0.0556 e. The minimum absolute atomic E-state index is 0.306. The van der Waals surface area contributed by atoms with E-state index in [9.17, 15) is 0 Å². The van der Waals surface area contributed by atoms with Crippen LogP contribution in [0, 0.1) is 5.92 Å². The summed E-state index contributed by atoms with van der Waals surface area (Å²) in [5, 5.41) is 5.70. The summed E-state index contributed by atoms with van der Waals surface area (Å²) in [4.78, 5) is 5.08. The molecule has 3 aliphatic rings. The number of benzene rings is 5. The Balaban J connectivity index is 1.42. The summed E-state index contributed by atoms with van der Waals surface area (Å²) in [7, 11) is 0. The largest absolute Gasteiger partial charge is 0.337 e. The minimum atomic E-state index is 0.306. The lowest BCUT2D eigenvalue weighted by atomic mass is 9.78. The van der Waals surface area contributed by atoms with E-state index in [1.807, 2.05) is 0 Å². The molecule has 0 aliphatic heterocycles. The van der Waals surface area contributed by atoms with Crippen LogP contribution in [0.25, 0.3) is 22.0 Å². The fraction of sp³-hybridized carbons (Fsp3) is 0.171. The molecular formula is C41H36N2. The van der Waals surface area contributed by atoms with Crippen LogP contribution in [0.4, 0.5) is 22.7 Å². The lowest BCUT2D eigenvalue weighted by Crippen LogP contribution is -2.45. The van der Waals surface area contributed by atoms with Crippen molar-refractivity contribution in [3.05, 3.63) is 156 Å². The van der Waals surface area contributed by atoms with Gasteiger partial charge in [-0.3, -0.25) is 0 Å². The van der Waals surface area contributed by atoms with Crippen molar-refractivity contribution in [2.45, 2.75) is 38.6 Å². The standard InChI is InChI=1S/C41H36N2/c1-29-28-39(43(33-18-10-4-11-19-33)34-20-12-5-13-21-34)37-24-22-30-23-27-38(36-26-25-35(29)41(37)40(30)36)42(31-14-6-2-7-15-31)32-16-8-3-9-17-32/h2-20,22-24,27,29,34H,21,25-26,28H2,1H3. The molecule has 0 amide bonds. The third-order valence-corrected chi connectivity index (χ3v) is 9.52. The number of allylic oxidation sites excluding steroid dienone is 2. The zero-order valence-electron chi connectivity index (χ0n) is 24.7. The van der Waals surface area contributed by atoms with E-state index in [-0.39, 0.29) is 0 Å². The number of anilines is 4. The average Bonchev–Trinajstić information content (AvgIpc) is 3.07. The monoisotopic (exact) mass is 556 g/mol. The Hall–Kier alpha value is -4.82. The average molecular weight is 557 g/mol. The second kappa shape index (κ2) is 10.8. The fourth-order valence-corrected chi connectivity index (χ4v) is 7.62. The van der Waals surface area contributed by atoms with Gasteiger partial charge in [0.25, 0.3) is 0 Å². The number of hydrogen-bond acceptors (Lipinski definition) is 2. The van der Waals surface area contributed by atoms with Crippen LogP contribution in [0.2, 0.25) is 0 Å². The summed E-state index contributed by atoms with van der Waals surface area (Å²) in [5.41, 5.74) is 9.49. The molecule has 3 aliphatic carbocycles. The first kappa shape index (κ1) is 25.9. The van der Waals surface area contributed by atoms with Crippen molar-refractivity contribution < 1.29 is 0 Å². The van der Waals surface area contributed by atoms with E-state index >= 15 is 0 Å². The molecule has 0 radical (unpaired) electrons. The Bertz CT molecular complexity index is 1950. The van der Waals surface area contributed by atoms with Crippen molar-refractivity contribution in [2.24, 2.45) is 5.92 Å². The molecule has 2 heteroatoms. The fourth-order valence-electron chi connectivity index (χ4n) is 7.62. The Labute approximate surface area is 254 Å². The molecule has 0 bridgehead atoms. The Kier molecular flexibility index (Phi) is 6.48. The highest BCUT2D eigenvalue weighted by Crippen LogP contribution is 2.42. The summed E-state index contributed by atoms with van der Waals surface area (Å²) in [6.45, 7) is 2.45. The first-order chi connectivity index (χ1) is 21.3. The molecule has 0 fully saturated rings. The second-order valence-electron chi connectivity index (χ2n) is 12.1. The minimum Gasteiger partial charge on any atom is -0.337 e. The number of rotatable bonds is 6. The molecule has 0 saturated carbocycles. The SMILES string of the molecule is CC1CC(N(c2ccccc2)C2C=CC=CC2)=c2ccc3ccc(N(c4ccccc4)c4ccccc4)c4c3c2=C1CC4. The molecule has 0 saturated heterocycles. The van der Waals surface area contributed by atoms with Crippen LogP contribution in [0.1, 0.15) is 31.7 Å². The van der Waals surface area contributed by atoms with Crippen LogP contribution in [-0.4, -0.2) is 6.04 Å². The van der Waals surface area contributed by atoms with Gasteiger partial charge in [-0.25, -0.2) is 0 Å². The molecule has 0 N–H and O–H groups in total. The molecule has 210 valence electrons. The molecule has 2 unspecified atom stereocenters. The zero-order chi connectivity index (χ0) is 28.8. The van der Waals surface area contributed by atoms with Crippen molar-refractivity contribution in [3.63, 3.8) is 0 Å². The van der Waals surface area contributed by atoms with Crippen molar-refractivity contribution >= 4 is 44.8 Å². The molecule has 2 atom stereocenters. The van der Waals surface area contributed by atoms with Crippen LogP contribution < -0.4 is 20.2 Å². The summed E-state index contributed by atoms with van der Waals surface area (Å²) in [6, 6.07) is 42.5. The van der Waals surface area contributed by atoms with E-state index in [1.54, 1.807) is 5.57 Å². The summed E-state index contributed by atoms with van der Waals surface area (Å²) >= 11 is 0. The number of nitrogens with zero attached hydrogens (tertiary/aromatic N) is 2. The summed E-state index contributed by atoms with van der Waals surface area (Å²) in [5.74, 6) is 0.499. The maximum atomic E-state index is 2.63. The molecule has 0 aromatic heterocycles. The molecule has 2 nitrogen and oxygen atoms in total. The van der Waals surface area contributed by atoms with E-state index in [0.29, 0.717) is 12.0 Å². The second-order valence-corrected chi connectivity index (χ2v) is 12.1. The molecule has 0 heterocycles. The zero-order valence-corrected chi connectivity index (χ0v) is 24.7. The third kappa shape index (κ3) is 4.41. The highest BCUT2D eigenvalue weighted by atomic mass is 15.2. The summed E-state index contributed by atoms with van der Waals surface area (Å²) < 4.78 is 0. The van der Waals surface area contributed by atoms with Gasteiger partial charge in [0.15, 0.2) is 0 Å². The molecular weight excluding hydrogens is 520 g/mol. The third-order valence-electron chi connectivity index (χ3n) is 9.52. The van der Waals surface area contributed by atoms with Crippen molar-refractivity contribution in [1.29, 1.82) is 0 Å². The molecule has 5 aromatic rings. The highest BCUT2D eigenvalue weighted by molar-refractivity contribution is 5.97. The lowest BCUT2D eigenvalue weighted by Gasteiger charge is -2.39. The Morgan fingerprint density at radius 3 is 1.95 bits per heavy atom. The van der Waals surface area contributed by atoms with Gasteiger partial charge in [-0.2, -0.15) is 0 Å². The lowest BCUT2D eigenvalue weighted by molar-refractivity contribution is 0.682. The van der Waals surface area contributed by atoms with E-state index in [4.69, 9.17) is 0 Å². The maximum Gasteiger partial charge on any atom is 0.0556 e. The first-order valence-electron chi connectivity index (χ1n) is 15.7. The Morgan fingerprint density at radius 1 is 0.651 bits per heavy atom. The topological polar surface area (TPSA) is 6.48 Å². The number of aryl methyl sites for hydroxylation is 1. The van der Waals surface area contributed by atoms with Crippen molar-refractivity contribution in [1.82, 2.24) is 0 Å². The van der Waals surface area contributed by atoms with Gasteiger partial charge < -0.3 is 9.80 Å². The molecule has 8 rings (SSSR count). The van der Waals surface area contributed by atoms with Gasteiger partial charge in [0.2, 0.25) is 0 Å². The van der Waals surface area contributed by atoms with Crippen molar-refractivity contribution in [3.8, 4) is 0 Å². The predicted molar refractivity (Wildman–Crippen MR) is 182 cm³/mol. The normalized spacial score (nSPS) is 18.6. The van der Waals surface area contributed by atoms with Crippen LogP contribution in [-0.2, 0) is 6.42 Å². The predicted octanol–water partition coefficient (Wildman–Crippen LogP) is 8.95. The van der Waals surface area contributed by atoms with E-state index in [2.05, 4.69) is 156 Å². The van der Waals surface area contributed by atoms with E-state index < -0.39 is 0 Å². The van der Waals surface area contributed by atoms with Gasteiger partial charge in [0, 0.05) is 33.7 Å².